The first-order chi connectivity index (χ1) is 22.2. The lowest BCUT2D eigenvalue weighted by atomic mass is 9.97. The van der Waals surface area contributed by atoms with Gasteiger partial charge in [0.25, 0.3) is 11.7 Å². The molecule has 0 aliphatic rings. The first kappa shape index (κ1) is 36.0. The maximum absolute atomic E-state index is 13.8. The molecule has 0 saturated carbocycles. The Balaban J connectivity index is 1.94. The van der Waals surface area contributed by atoms with Crippen LogP contribution >= 0.6 is 0 Å². The summed E-state index contributed by atoms with van der Waals surface area (Å²) in [5, 5.41) is 16.0. The third kappa shape index (κ3) is 10.5. The summed E-state index contributed by atoms with van der Waals surface area (Å²) in [4.78, 5) is 67.3. The highest BCUT2D eigenvalue weighted by Gasteiger charge is 2.45. The summed E-state index contributed by atoms with van der Waals surface area (Å²) in [5.41, 5.74) is 0.626. The molecule has 15 heteroatoms. The monoisotopic (exact) mass is 658 g/mol. The van der Waals surface area contributed by atoms with E-state index in [0.29, 0.717) is 11.3 Å². The predicted molar refractivity (Wildman–Crippen MR) is 160 cm³/mol. The van der Waals surface area contributed by atoms with E-state index in [1.807, 2.05) is 0 Å². The van der Waals surface area contributed by atoms with Crippen molar-refractivity contribution < 1.29 is 51.7 Å². The number of aliphatic carboxylic acids is 1. The average Bonchev–Trinajstić information content (AvgIpc) is 3.04. The van der Waals surface area contributed by atoms with E-state index in [9.17, 15) is 37.1 Å². The van der Waals surface area contributed by atoms with Crippen LogP contribution in [0.4, 0.5) is 13.2 Å². The summed E-state index contributed by atoms with van der Waals surface area (Å²) < 4.78 is 50.3. The van der Waals surface area contributed by atoms with Crippen LogP contribution in [0.25, 0.3) is 0 Å². The molecule has 2 aromatic carbocycles. The van der Waals surface area contributed by atoms with E-state index in [-0.39, 0.29) is 23.4 Å². The zero-order valence-corrected chi connectivity index (χ0v) is 25.5. The fourth-order valence-corrected chi connectivity index (χ4v) is 4.33. The van der Waals surface area contributed by atoms with Crippen molar-refractivity contribution in [2.24, 2.45) is 5.92 Å². The third-order valence-corrected chi connectivity index (χ3v) is 6.77. The number of carboxylic acid groups (broad SMARTS) is 1. The molecule has 1 heterocycles. The van der Waals surface area contributed by atoms with E-state index in [1.54, 1.807) is 12.1 Å². The van der Waals surface area contributed by atoms with E-state index in [0.717, 1.165) is 0 Å². The van der Waals surface area contributed by atoms with Crippen LogP contribution in [-0.4, -0.2) is 71.5 Å². The smallest absolute Gasteiger partial charge is 0.452 e. The number of aromatic nitrogens is 1. The summed E-state index contributed by atoms with van der Waals surface area (Å²) in [6, 6.07) is 11.4. The SMILES string of the molecule is COc1ccc([C@H](NC(=O)[C@H](Cc2ccc(OCC(=O)O)cc2)NC(=O)c2ccccn2)C(=O)N[C@H](C(=O)C(F)(F)F)C(C)C)cc1. The summed E-state index contributed by atoms with van der Waals surface area (Å²) in [6.45, 7) is 2.08. The van der Waals surface area contributed by atoms with Crippen molar-refractivity contribution in [2.45, 2.75) is 44.6 Å². The summed E-state index contributed by atoms with van der Waals surface area (Å²) in [5.74, 6) is -6.38. The Morgan fingerprint density at radius 3 is 2.02 bits per heavy atom. The molecule has 4 N–H and O–H groups in total. The van der Waals surface area contributed by atoms with Crippen LogP contribution in [0.2, 0.25) is 0 Å². The number of Topliss-reactive ketones (excluding diaryl/α,β-unsaturated/α-hetero) is 1. The fourth-order valence-electron chi connectivity index (χ4n) is 4.33. The number of alkyl halides is 3. The van der Waals surface area contributed by atoms with Gasteiger partial charge >= 0.3 is 12.1 Å². The number of pyridine rings is 1. The number of hydrogen-bond donors (Lipinski definition) is 4. The van der Waals surface area contributed by atoms with Crippen LogP contribution < -0.4 is 25.4 Å². The molecule has 250 valence electrons. The number of halogens is 3. The molecule has 0 bridgehead atoms. The van der Waals surface area contributed by atoms with Gasteiger partial charge in [0.2, 0.25) is 11.8 Å². The Morgan fingerprint density at radius 1 is 0.851 bits per heavy atom. The number of rotatable bonds is 15. The van der Waals surface area contributed by atoms with E-state index < -0.39 is 66.3 Å². The number of hydrogen-bond acceptors (Lipinski definition) is 8. The van der Waals surface area contributed by atoms with Gasteiger partial charge in [-0.05, 0) is 53.4 Å². The topological polar surface area (TPSA) is 173 Å². The largest absolute Gasteiger partial charge is 0.497 e. The van der Waals surface area contributed by atoms with Gasteiger partial charge in [-0.1, -0.05) is 44.2 Å². The van der Waals surface area contributed by atoms with E-state index >= 15 is 0 Å². The van der Waals surface area contributed by atoms with Crippen LogP contribution in [-0.2, 0) is 25.6 Å². The quantitative estimate of drug-likeness (QED) is 0.192. The lowest BCUT2D eigenvalue weighted by Crippen LogP contribution is -2.55. The number of nitrogens with zero attached hydrogens (tertiary/aromatic N) is 1. The van der Waals surface area contributed by atoms with Gasteiger partial charge in [0.05, 0.1) is 13.2 Å². The second-order valence-corrected chi connectivity index (χ2v) is 10.6. The van der Waals surface area contributed by atoms with Crippen LogP contribution in [0.5, 0.6) is 11.5 Å². The van der Waals surface area contributed by atoms with Crippen LogP contribution in [0.15, 0.2) is 72.9 Å². The minimum Gasteiger partial charge on any atom is -0.497 e. The molecular weight excluding hydrogens is 625 g/mol. The molecule has 0 aliphatic carbocycles. The van der Waals surface area contributed by atoms with Crippen LogP contribution in [0.3, 0.4) is 0 Å². The molecule has 3 aromatic rings. The van der Waals surface area contributed by atoms with Gasteiger partial charge in [0.15, 0.2) is 6.61 Å². The number of carbonyl (C=O) groups excluding carboxylic acids is 4. The lowest BCUT2D eigenvalue weighted by Gasteiger charge is -2.27. The maximum atomic E-state index is 13.8. The maximum Gasteiger partial charge on any atom is 0.452 e. The molecule has 3 atom stereocenters. The van der Waals surface area contributed by atoms with Crippen molar-refractivity contribution in [3.63, 3.8) is 0 Å². The molecule has 3 amide bonds. The number of amides is 3. The number of nitrogens with one attached hydrogen (secondary N) is 3. The Labute approximate surface area is 267 Å². The van der Waals surface area contributed by atoms with Crippen molar-refractivity contribution in [2.75, 3.05) is 13.7 Å². The molecule has 0 spiro atoms. The zero-order valence-electron chi connectivity index (χ0n) is 25.5. The third-order valence-electron chi connectivity index (χ3n) is 6.77. The number of benzene rings is 2. The van der Waals surface area contributed by atoms with Crippen molar-refractivity contribution in [1.82, 2.24) is 20.9 Å². The van der Waals surface area contributed by atoms with E-state index in [2.05, 4.69) is 20.9 Å². The Kier molecular flexibility index (Phi) is 12.4. The molecule has 0 fully saturated rings. The molecule has 0 saturated heterocycles. The van der Waals surface area contributed by atoms with Gasteiger partial charge in [0.1, 0.15) is 29.3 Å². The molecule has 3 rings (SSSR count). The lowest BCUT2D eigenvalue weighted by molar-refractivity contribution is -0.175. The van der Waals surface area contributed by atoms with Crippen LogP contribution in [0, 0.1) is 5.92 Å². The number of methoxy groups -OCH3 is 1. The summed E-state index contributed by atoms with van der Waals surface area (Å²) in [7, 11) is 1.40. The molecule has 47 heavy (non-hydrogen) atoms. The van der Waals surface area contributed by atoms with Crippen molar-refractivity contribution >= 4 is 29.5 Å². The van der Waals surface area contributed by atoms with E-state index in [4.69, 9.17) is 14.6 Å². The highest BCUT2D eigenvalue weighted by Crippen LogP contribution is 2.23. The average molecular weight is 659 g/mol. The molecule has 1 aromatic heterocycles. The van der Waals surface area contributed by atoms with Crippen molar-refractivity contribution in [3.8, 4) is 11.5 Å². The predicted octanol–water partition coefficient (Wildman–Crippen LogP) is 3.02. The standard InChI is InChI=1S/C32H33F3N4O8/c1-18(2)26(28(42)32(33,34)35)38-31(45)27(20-9-13-21(46-3)14-10-20)39-30(44)24(37-29(43)23-6-4-5-15-36-23)16-19-7-11-22(12-8-19)47-17-25(40)41/h4-15,18,24,26-27H,16-17H2,1-3H3,(H,37,43)(H,38,45)(H,39,44)(H,40,41)/t24-,26-,27-/m0/s1. The molecule has 0 aliphatic heterocycles. The van der Waals surface area contributed by atoms with Crippen molar-refractivity contribution in [1.29, 1.82) is 0 Å². The second-order valence-electron chi connectivity index (χ2n) is 10.6. The Bertz CT molecular complexity index is 1550. The summed E-state index contributed by atoms with van der Waals surface area (Å²) >= 11 is 0. The number of ether oxygens (including phenoxy) is 2. The normalized spacial score (nSPS) is 13.1. The Morgan fingerprint density at radius 2 is 1.49 bits per heavy atom. The minimum absolute atomic E-state index is 0.0161. The van der Waals surface area contributed by atoms with E-state index in [1.165, 1.54) is 81.8 Å². The molecule has 12 nitrogen and oxygen atoms in total. The molecular formula is C32H33F3N4O8. The summed E-state index contributed by atoms with van der Waals surface area (Å²) in [6.07, 6.45) is -3.99. The van der Waals surface area contributed by atoms with Crippen LogP contribution in [0.1, 0.15) is 41.5 Å². The minimum atomic E-state index is -5.23. The first-order valence-electron chi connectivity index (χ1n) is 14.2. The van der Waals surface area contributed by atoms with Gasteiger partial charge in [0, 0.05) is 12.6 Å². The van der Waals surface area contributed by atoms with Gasteiger partial charge in [-0.25, -0.2) is 4.79 Å². The highest BCUT2D eigenvalue weighted by atomic mass is 19.4. The number of carbonyl (C=O) groups is 5. The number of carboxylic acids is 1. The number of ketones is 1. The van der Waals surface area contributed by atoms with Gasteiger partial charge in [-0.2, -0.15) is 13.2 Å². The van der Waals surface area contributed by atoms with Crippen molar-refractivity contribution in [3.05, 3.63) is 89.7 Å². The molecule has 0 unspecified atom stereocenters. The van der Waals surface area contributed by atoms with Gasteiger partial charge in [-0.3, -0.25) is 24.2 Å². The zero-order chi connectivity index (χ0) is 34.7. The molecule has 0 radical (unpaired) electrons. The van der Waals surface area contributed by atoms with Gasteiger partial charge < -0.3 is 30.5 Å². The second kappa shape index (κ2) is 16.2. The van der Waals surface area contributed by atoms with Gasteiger partial charge in [-0.15, -0.1) is 0 Å². The highest BCUT2D eigenvalue weighted by molar-refractivity contribution is 5.98. The fraction of sp³-hybridized carbons (Fsp3) is 0.312. The Hall–Kier alpha value is -5.47. The first-order valence-corrected chi connectivity index (χ1v) is 14.2.